The van der Waals surface area contributed by atoms with E-state index in [4.69, 9.17) is 17.3 Å². The van der Waals surface area contributed by atoms with Crippen LogP contribution in [0.15, 0.2) is 84.9 Å². The molecule has 4 nitrogen and oxygen atoms in total. The molecule has 0 saturated carbocycles. The first-order chi connectivity index (χ1) is 13.5. The fourth-order valence-electron chi connectivity index (χ4n) is 3.28. The number of halogens is 1. The van der Waals surface area contributed by atoms with Crippen molar-refractivity contribution in [2.75, 3.05) is 0 Å². The van der Waals surface area contributed by atoms with Crippen molar-refractivity contribution in [2.24, 2.45) is 5.73 Å². The average Bonchev–Trinajstić information content (AvgIpc) is 2.72. The van der Waals surface area contributed by atoms with Gasteiger partial charge in [0.25, 0.3) is 5.91 Å². The predicted molar refractivity (Wildman–Crippen MR) is 111 cm³/mol. The molecule has 2 N–H and O–H groups in total. The molecule has 2 amide bonds. The number of primary amides is 1. The van der Waals surface area contributed by atoms with Gasteiger partial charge in [-0.15, -0.1) is 0 Å². The van der Waals surface area contributed by atoms with Crippen molar-refractivity contribution in [1.29, 1.82) is 0 Å². The highest BCUT2D eigenvalue weighted by molar-refractivity contribution is 6.33. The second-order valence-corrected chi connectivity index (χ2v) is 6.90. The third-order valence-electron chi connectivity index (χ3n) is 4.70. The summed E-state index contributed by atoms with van der Waals surface area (Å²) in [6.07, 6.45) is 0. The quantitative estimate of drug-likeness (QED) is 0.656. The summed E-state index contributed by atoms with van der Waals surface area (Å²) in [5.41, 5.74) is 7.65. The zero-order chi connectivity index (χ0) is 20.1. The van der Waals surface area contributed by atoms with Gasteiger partial charge in [-0.2, -0.15) is 0 Å². The average molecular weight is 393 g/mol. The Labute approximate surface area is 169 Å². The van der Waals surface area contributed by atoms with E-state index in [0.717, 1.165) is 5.56 Å². The molecule has 0 saturated heterocycles. The second-order valence-electron chi connectivity index (χ2n) is 6.49. The Balaban J connectivity index is 2.14. The molecule has 0 spiro atoms. The van der Waals surface area contributed by atoms with Crippen LogP contribution in [0.2, 0.25) is 5.02 Å². The SMILES string of the molecule is C[C@H](c1ccccc1)N(C(=O)c1ccccc1Cl)[C@@H](C(N)=O)c1ccccc1. The molecule has 3 aromatic rings. The highest BCUT2D eigenvalue weighted by Gasteiger charge is 2.35. The minimum absolute atomic E-state index is 0.328. The van der Waals surface area contributed by atoms with Crippen LogP contribution in [0.1, 0.15) is 40.5 Å². The molecule has 2 atom stereocenters. The Morgan fingerprint density at radius 3 is 1.86 bits per heavy atom. The number of carbonyl (C=O) groups excluding carboxylic acids is 2. The van der Waals surface area contributed by atoms with Gasteiger partial charge < -0.3 is 10.6 Å². The summed E-state index contributed by atoms with van der Waals surface area (Å²) in [4.78, 5) is 27.5. The minimum atomic E-state index is -0.930. The molecule has 0 bridgehead atoms. The maximum atomic E-state index is 13.5. The Hall–Kier alpha value is -3.11. The van der Waals surface area contributed by atoms with E-state index < -0.39 is 18.0 Å². The monoisotopic (exact) mass is 392 g/mol. The summed E-state index contributed by atoms with van der Waals surface area (Å²) in [6, 6.07) is 24.1. The van der Waals surface area contributed by atoms with Crippen LogP contribution < -0.4 is 5.73 Å². The van der Waals surface area contributed by atoms with E-state index in [-0.39, 0.29) is 5.91 Å². The van der Waals surface area contributed by atoms with Crippen molar-refractivity contribution < 1.29 is 9.59 Å². The van der Waals surface area contributed by atoms with Gasteiger partial charge in [0.1, 0.15) is 6.04 Å². The molecule has 3 aromatic carbocycles. The lowest BCUT2D eigenvalue weighted by Gasteiger charge is -2.35. The molecule has 0 heterocycles. The molecule has 5 heteroatoms. The van der Waals surface area contributed by atoms with Crippen LogP contribution in [0.25, 0.3) is 0 Å². The van der Waals surface area contributed by atoms with Gasteiger partial charge >= 0.3 is 0 Å². The summed E-state index contributed by atoms with van der Waals surface area (Å²) in [5, 5.41) is 0.328. The largest absolute Gasteiger partial charge is 0.368 e. The van der Waals surface area contributed by atoms with E-state index in [1.54, 1.807) is 36.4 Å². The molecule has 0 fully saturated rings. The van der Waals surface area contributed by atoms with E-state index in [1.165, 1.54) is 4.90 Å². The van der Waals surface area contributed by atoms with Crippen LogP contribution in [0.5, 0.6) is 0 Å². The summed E-state index contributed by atoms with van der Waals surface area (Å²) in [7, 11) is 0. The van der Waals surface area contributed by atoms with Crippen molar-refractivity contribution in [3.8, 4) is 0 Å². The summed E-state index contributed by atoms with van der Waals surface area (Å²) in [5.74, 6) is -0.955. The topological polar surface area (TPSA) is 63.4 Å². The highest BCUT2D eigenvalue weighted by Crippen LogP contribution is 2.33. The lowest BCUT2D eigenvalue weighted by Crippen LogP contribution is -2.43. The third kappa shape index (κ3) is 4.07. The summed E-state index contributed by atoms with van der Waals surface area (Å²) < 4.78 is 0. The maximum Gasteiger partial charge on any atom is 0.256 e. The van der Waals surface area contributed by atoms with Crippen molar-refractivity contribution >= 4 is 23.4 Å². The van der Waals surface area contributed by atoms with E-state index in [2.05, 4.69) is 0 Å². The molecule has 3 rings (SSSR count). The van der Waals surface area contributed by atoms with Crippen molar-refractivity contribution in [2.45, 2.75) is 19.0 Å². The number of nitrogens with zero attached hydrogens (tertiary/aromatic N) is 1. The standard InChI is InChI=1S/C23H21ClN2O2/c1-16(17-10-4-2-5-11-17)26(23(28)19-14-8-9-15-20(19)24)21(22(25)27)18-12-6-3-7-13-18/h2-16,21H,1H3,(H2,25,27)/t16-,21-/m1/s1. The lowest BCUT2D eigenvalue weighted by molar-refractivity contribution is -0.123. The highest BCUT2D eigenvalue weighted by atomic mass is 35.5. The van der Waals surface area contributed by atoms with Crippen LogP contribution in [-0.4, -0.2) is 16.7 Å². The van der Waals surface area contributed by atoms with Crippen LogP contribution in [0.3, 0.4) is 0 Å². The zero-order valence-electron chi connectivity index (χ0n) is 15.5. The second kappa shape index (κ2) is 8.72. The van der Waals surface area contributed by atoms with Gasteiger partial charge in [-0.3, -0.25) is 9.59 Å². The molecule has 142 valence electrons. The van der Waals surface area contributed by atoms with E-state index in [0.29, 0.717) is 16.1 Å². The Morgan fingerprint density at radius 1 is 0.821 bits per heavy atom. The van der Waals surface area contributed by atoms with Gasteiger partial charge in [0.2, 0.25) is 5.91 Å². The predicted octanol–water partition coefficient (Wildman–Crippen LogP) is 4.77. The maximum absolute atomic E-state index is 13.5. The number of hydrogen-bond donors (Lipinski definition) is 1. The molecule has 0 radical (unpaired) electrons. The minimum Gasteiger partial charge on any atom is -0.368 e. The summed E-state index contributed by atoms with van der Waals surface area (Å²) >= 11 is 6.28. The smallest absolute Gasteiger partial charge is 0.256 e. The molecule has 0 unspecified atom stereocenters. The zero-order valence-corrected chi connectivity index (χ0v) is 16.2. The number of rotatable bonds is 6. The molecule has 28 heavy (non-hydrogen) atoms. The number of carbonyl (C=O) groups is 2. The molecule has 0 aliphatic carbocycles. The number of hydrogen-bond acceptors (Lipinski definition) is 2. The molecular weight excluding hydrogens is 372 g/mol. The van der Waals surface area contributed by atoms with Crippen LogP contribution in [0, 0.1) is 0 Å². The number of amides is 2. The van der Waals surface area contributed by atoms with E-state index in [9.17, 15) is 9.59 Å². The normalized spacial score (nSPS) is 12.8. The molecule has 0 aromatic heterocycles. The Kier molecular flexibility index (Phi) is 6.12. The number of benzene rings is 3. The van der Waals surface area contributed by atoms with Gasteiger partial charge in [-0.1, -0.05) is 84.4 Å². The van der Waals surface area contributed by atoms with Gasteiger partial charge in [0.15, 0.2) is 0 Å². The van der Waals surface area contributed by atoms with Crippen molar-refractivity contribution in [3.05, 3.63) is 107 Å². The Bertz CT molecular complexity index is 961. The van der Waals surface area contributed by atoms with E-state index >= 15 is 0 Å². The van der Waals surface area contributed by atoms with Gasteiger partial charge in [-0.05, 0) is 30.2 Å². The fraction of sp³-hybridized carbons (Fsp3) is 0.130. The van der Waals surface area contributed by atoms with Gasteiger partial charge in [0, 0.05) is 0 Å². The first kappa shape index (κ1) is 19.6. The van der Waals surface area contributed by atoms with E-state index in [1.807, 2.05) is 55.5 Å². The first-order valence-corrected chi connectivity index (χ1v) is 9.35. The molecule has 0 aliphatic rings. The third-order valence-corrected chi connectivity index (χ3v) is 5.03. The van der Waals surface area contributed by atoms with Crippen LogP contribution in [-0.2, 0) is 4.79 Å². The van der Waals surface area contributed by atoms with Crippen molar-refractivity contribution in [1.82, 2.24) is 4.90 Å². The van der Waals surface area contributed by atoms with Crippen LogP contribution >= 0.6 is 11.6 Å². The summed E-state index contributed by atoms with van der Waals surface area (Å²) in [6.45, 7) is 1.88. The lowest BCUT2D eigenvalue weighted by atomic mass is 9.98. The van der Waals surface area contributed by atoms with Gasteiger partial charge in [0.05, 0.1) is 16.6 Å². The Morgan fingerprint density at radius 2 is 1.32 bits per heavy atom. The number of nitrogens with two attached hydrogens (primary N) is 1. The fourth-order valence-corrected chi connectivity index (χ4v) is 3.50. The first-order valence-electron chi connectivity index (χ1n) is 8.97. The van der Waals surface area contributed by atoms with Gasteiger partial charge in [-0.25, -0.2) is 0 Å². The van der Waals surface area contributed by atoms with Crippen LogP contribution in [0.4, 0.5) is 0 Å². The molecule has 0 aliphatic heterocycles. The van der Waals surface area contributed by atoms with Crippen molar-refractivity contribution in [3.63, 3.8) is 0 Å². The molecular formula is C23H21ClN2O2.